The highest BCUT2D eigenvalue weighted by atomic mass is 127. The van der Waals surface area contributed by atoms with Crippen LogP contribution in [0.15, 0.2) is 36.5 Å². The van der Waals surface area contributed by atoms with Gasteiger partial charge in [-0.1, -0.05) is 19.9 Å². The largest absolute Gasteiger partial charge is 0.491 e. The smallest absolute Gasteiger partial charge is 0.280 e. The number of hydrogen-bond acceptors (Lipinski definition) is 3. The molecule has 136 valence electrons. The minimum absolute atomic E-state index is 0.222. The second-order valence-corrected chi connectivity index (χ2v) is 8.12. The molecule has 25 heavy (non-hydrogen) atoms. The number of aromatic nitrogens is 1. The lowest BCUT2D eigenvalue weighted by Gasteiger charge is -2.27. The molecule has 2 aromatic rings. The van der Waals surface area contributed by atoms with Crippen molar-refractivity contribution >= 4 is 22.6 Å². The Morgan fingerprint density at radius 1 is 1.20 bits per heavy atom. The van der Waals surface area contributed by atoms with Gasteiger partial charge in [0.25, 0.3) is 6.43 Å². The van der Waals surface area contributed by atoms with Gasteiger partial charge in [-0.15, -0.1) is 0 Å². The van der Waals surface area contributed by atoms with E-state index in [1.165, 1.54) is 12.3 Å². The molecule has 0 radical (unpaired) electrons. The normalized spacial score (nSPS) is 14.0. The monoisotopic (exact) mass is 460 g/mol. The summed E-state index contributed by atoms with van der Waals surface area (Å²) < 4.78 is 32.4. The highest BCUT2D eigenvalue weighted by Crippen LogP contribution is 2.30. The molecule has 2 N–H and O–H groups in total. The summed E-state index contributed by atoms with van der Waals surface area (Å²) in [5.74, 6) is 1.24. The summed E-state index contributed by atoms with van der Waals surface area (Å²) in [6, 6.07) is 8.76. The molecule has 0 saturated heterocycles. The molecule has 1 aromatic carbocycles. The molecule has 1 heterocycles. The van der Waals surface area contributed by atoms with Crippen LogP contribution in [0.4, 0.5) is 8.78 Å². The van der Waals surface area contributed by atoms with E-state index in [9.17, 15) is 8.78 Å². The van der Waals surface area contributed by atoms with Gasteiger partial charge in [0, 0.05) is 11.7 Å². The molecule has 1 atom stereocenters. The highest BCUT2D eigenvalue weighted by Gasteiger charge is 2.21. The second kappa shape index (κ2) is 8.40. The first-order valence-corrected chi connectivity index (χ1v) is 9.21. The Labute approximate surface area is 161 Å². The number of rotatable bonds is 7. The predicted octanol–water partition coefficient (Wildman–Crippen LogP) is 5.43. The molecule has 0 aliphatic heterocycles. The molecule has 0 fully saturated rings. The van der Waals surface area contributed by atoms with E-state index in [-0.39, 0.29) is 5.69 Å². The first-order valence-electron chi connectivity index (χ1n) is 8.13. The van der Waals surface area contributed by atoms with Gasteiger partial charge in [-0.3, -0.25) is 4.98 Å². The summed E-state index contributed by atoms with van der Waals surface area (Å²) in [4.78, 5) is 3.69. The van der Waals surface area contributed by atoms with E-state index in [1.54, 1.807) is 6.07 Å². The topological polar surface area (TPSA) is 48.1 Å². The minimum Gasteiger partial charge on any atom is -0.491 e. The average Bonchev–Trinajstić information content (AvgIpc) is 2.52. The number of halogens is 3. The zero-order valence-electron chi connectivity index (χ0n) is 14.6. The molecule has 0 aliphatic rings. The Balaban J connectivity index is 2.14. The van der Waals surface area contributed by atoms with Crippen molar-refractivity contribution in [2.75, 3.05) is 6.61 Å². The number of nitrogens with two attached hydrogens (primary N) is 1. The van der Waals surface area contributed by atoms with E-state index in [4.69, 9.17) is 10.5 Å². The maximum absolute atomic E-state index is 12.8. The van der Waals surface area contributed by atoms with Gasteiger partial charge in [0.2, 0.25) is 0 Å². The molecule has 0 aliphatic carbocycles. The van der Waals surface area contributed by atoms with Gasteiger partial charge in [0.1, 0.15) is 18.1 Å². The molecule has 0 amide bonds. The Hall–Kier alpha value is -1.28. The van der Waals surface area contributed by atoms with Crippen LogP contribution in [0.2, 0.25) is 0 Å². The Bertz CT molecular complexity index is 720. The van der Waals surface area contributed by atoms with Gasteiger partial charge < -0.3 is 10.5 Å². The Morgan fingerprint density at radius 3 is 2.48 bits per heavy atom. The van der Waals surface area contributed by atoms with Crippen molar-refractivity contribution in [1.29, 1.82) is 0 Å². The zero-order chi connectivity index (χ0) is 18.6. The molecule has 1 aromatic heterocycles. The van der Waals surface area contributed by atoms with Gasteiger partial charge in [-0.05, 0) is 77.2 Å². The standard InChI is InChI=1S/C19H23F2IN2O/c1-12(2)10-19(3,23)11-25-17-5-4-13(8-15(17)22)14-6-7-24-16(9-14)18(20)21/h4-9,12,18H,10-11,23H2,1-3H3/t19-/m0/s1. The second-order valence-electron chi connectivity index (χ2n) is 6.96. The van der Waals surface area contributed by atoms with Crippen LogP contribution in [0.3, 0.4) is 0 Å². The average molecular weight is 460 g/mol. The number of pyridine rings is 1. The lowest BCUT2D eigenvalue weighted by molar-refractivity contribution is 0.146. The summed E-state index contributed by atoms with van der Waals surface area (Å²) in [6.07, 6.45) is -0.306. The van der Waals surface area contributed by atoms with Crippen LogP contribution in [-0.4, -0.2) is 17.1 Å². The quantitative estimate of drug-likeness (QED) is 0.561. The fourth-order valence-electron chi connectivity index (χ4n) is 2.78. The number of benzene rings is 1. The van der Waals surface area contributed by atoms with Crippen LogP contribution in [0.25, 0.3) is 11.1 Å². The van der Waals surface area contributed by atoms with Crippen molar-refractivity contribution in [3.63, 3.8) is 0 Å². The SMILES string of the molecule is CC(C)C[C@](C)(N)COc1ccc(-c2ccnc(C(F)F)c2)cc1I. The van der Waals surface area contributed by atoms with E-state index < -0.39 is 12.0 Å². The third kappa shape index (κ3) is 5.88. The van der Waals surface area contributed by atoms with Crippen molar-refractivity contribution < 1.29 is 13.5 Å². The van der Waals surface area contributed by atoms with Gasteiger partial charge in [0.15, 0.2) is 0 Å². The lowest BCUT2D eigenvalue weighted by atomic mass is 9.93. The van der Waals surface area contributed by atoms with Crippen molar-refractivity contribution in [2.24, 2.45) is 11.7 Å². The number of alkyl halides is 2. The first-order chi connectivity index (χ1) is 11.7. The van der Waals surface area contributed by atoms with Crippen molar-refractivity contribution in [2.45, 2.75) is 39.2 Å². The molecule has 0 bridgehead atoms. The van der Waals surface area contributed by atoms with Gasteiger partial charge >= 0.3 is 0 Å². The summed E-state index contributed by atoms with van der Waals surface area (Å²) in [5, 5.41) is 0. The van der Waals surface area contributed by atoms with E-state index in [2.05, 4.69) is 41.4 Å². The summed E-state index contributed by atoms with van der Waals surface area (Å²) in [6.45, 7) is 6.67. The van der Waals surface area contributed by atoms with Crippen molar-refractivity contribution in [1.82, 2.24) is 4.98 Å². The molecule has 6 heteroatoms. The van der Waals surface area contributed by atoms with E-state index >= 15 is 0 Å². The molecule has 0 saturated carbocycles. The van der Waals surface area contributed by atoms with Gasteiger partial charge in [-0.2, -0.15) is 0 Å². The molecular weight excluding hydrogens is 437 g/mol. The fraction of sp³-hybridized carbons (Fsp3) is 0.421. The van der Waals surface area contributed by atoms with E-state index in [0.29, 0.717) is 18.1 Å². The van der Waals surface area contributed by atoms with Crippen LogP contribution >= 0.6 is 22.6 Å². The Kier molecular flexibility index (Phi) is 6.73. The number of hydrogen-bond donors (Lipinski definition) is 1. The van der Waals surface area contributed by atoms with Crippen LogP contribution in [0.1, 0.15) is 39.3 Å². The third-order valence-electron chi connectivity index (χ3n) is 3.70. The van der Waals surface area contributed by atoms with Crippen molar-refractivity contribution in [3.05, 3.63) is 45.8 Å². The van der Waals surface area contributed by atoms with Crippen LogP contribution < -0.4 is 10.5 Å². The van der Waals surface area contributed by atoms with Gasteiger partial charge in [-0.25, -0.2) is 8.78 Å². The first kappa shape index (κ1) is 20.0. The molecule has 0 unspecified atom stereocenters. The maximum Gasteiger partial charge on any atom is 0.280 e. The predicted molar refractivity (Wildman–Crippen MR) is 105 cm³/mol. The van der Waals surface area contributed by atoms with Crippen LogP contribution in [0.5, 0.6) is 5.75 Å². The van der Waals surface area contributed by atoms with Crippen molar-refractivity contribution in [3.8, 4) is 16.9 Å². The number of ether oxygens (including phenoxy) is 1. The van der Waals surface area contributed by atoms with E-state index in [0.717, 1.165) is 21.3 Å². The third-order valence-corrected chi connectivity index (χ3v) is 4.54. The molecular formula is C19H23F2IN2O. The molecule has 3 nitrogen and oxygen atoms in total. The highest BCUT2D eigenvalue weighted by molar-refractivity contribution is 14.1. The van der Waals surface area contributed by atoms with Crippen LogP contribution in [0, 0.1) is 9.49 Å². The zero-order valence-corrected chi connectivity index (χ0v) is 16.8. The number of nitrogens with zero attached hydrogens (tertiary/aromatic N) is 1. The summed E-state index contributed by atoms with van der Waals surface area (Å²) in [5.41, 5.74) is 7.21. The Morgan fingerprint density at radius 2 is 1.88 bits per heavy atom. The molecule has 2 rings (SSSR count). The summed E-state index contributed by atoms with van der Waals surface area (Å²) in [7, 11) is 0. The van der Waals surface area contributed by atoms with Crippen LogP contribution in [-0.2, 0) is 0 Å². The van der Waals surface area contributed by atoms with E-state index in [1.807, 2.05) is 25.1 Å². The molecule has 0 spiro atoms. The maximum atomic E-state index is 12.8. The summed E-state index contributed by atoms with van der Waals surface area (Å²) >= 11 is 2.18. The minimum atomic E-state index is -2.58. The lowest BCUT2D eigenvalue weighted by Crippen LogP contribution is -2.43. The fourth-order valence-corrected chi connectivity index (χ4v) is 3.45. The van der Waals surface area contributed by atoms with Gasteiger partial charge in [0.05, 0.1) is 3.57 Å².